The molecule has 0 saturated carbocycles. The summed E-state index contributed by atoms with van der Waals surface area (Å²) in [6.45, 7) is 0.488. The lowest BCUT2D eigenvalue weighted by Gasteiger charge is -2.22. The molecule has 1 aliphatic carbocycles. The number of benzene rings is 1. The van der Waals surface area contributed by atoms with Gasteiger partial charge in [-0.05, 0) is 42.5 Å². The zero-order valence-corrected chi connectivity index (χ0v) is 11.2. The number of carbonyl (C=O) groups excluding carboxylic acids is 1. The Morgan fingerprint density at radius 2 is 2.20 bits per heavy atom. The molecule has 1 aliphatic rings. The number of H-pyrrole nitrogens is 1. The van der Waals surface area contributed by atoms with Gasteiger partial charge in [-0.1, -0.05) is 12.1 Å². The molecule has 3 rings (SSSR count). The molecule has 1 atom stereocenters. The van der Waals surface area contributed by atoms with Gasteiger partial charge in [-0.15, -0.1) is 0 Å². The second-order valence-corrected chi connectivity index (χ2v) is 5.13. The summed E-state index contributed by atoms with van der Waals surface area (Å²) in [6.07, 6.45) is 4.90. The molecule has 1 unspecified atom stereocenters. The third-order valence-electron chi connectivity index (χ3n) is 3.80. The van der Waals surface area contributed by atoms with Gasteiger partial charge in [-0.3, -0.25) is 9.89 Å². The minimum Gasteiger partial charge on any atom is -0.344 e. The number of nitrogens with one attached hydrogen (secondary N) is 2. The normalized spacial score (nSPS) is 17.6. The lowest BCUT2D eigenvalue weighted by atomic mass is 9.93. The number of fused-ring (bicyclic) bond motifs is 1. The number of rotatable bonds is 3. The van der Waals surface area contributed by atoms with Crippen molar-refractivity contribution in [2.24, 2.45) is 5.73 Å². The number of hydrogen-bond acceptors (Lipinski definition) is 3. The van der Waals surface area contributed by atoms with Gasteiger partial charge >= 0.3 is 0 Å². The minimum atomic E-state index is -0.0546. The Bertz CT molecular complexity index is 603. The minimum absolute atomic E-state index is 0.0305. The predicted octanol–water partition coefficient (Wildman–Crippen LogP) is 1.68. The van der Waals surface area contributed by atoms with E-state index in [0.717, 1.165) is 30.5 Å². The van der Waals surface area contributed by atoms with E-state index in [1.54, 1.807) is 0 Å². The highest BCUT2D eigenvalue weighted by Crippen LogP contribution is 2.27. The SMILES string of the molecule is NCc1ccc(C(=O)NC2CCCc3cn[nH]c32)cc1. The van der Waals surface area contributed by atoms with Crippen LogP contribution in [0.4, 0.5) is 0 Å². The van der Waals surface area contributed by atoms with E-state index in [1.807, 2.05) is 30.5 Å². The van der Waals surface area contributed by atoms with Crippen molar-refractivity contribution >= 4 is 5.91 Å². The summed E-state index contributed by atoms with van der Waals surface area (Å²) in [5.41, 5.74) is 9.49. The first kappa shape index (κ1) is 12.9. The standard InChI is InChI=1S/C15H18N4O/c16-8-10-4-6-11(7-5-10)15(20)18-13-3-1-2-12-9-17-19-14(12)13/h4-7,9,13H,1-3,8,16H2,(H,17,19)(H,18,20). The number of amides is 1. The highest BCUT2D eigenvalue weighted by Gasteiger charge is 2.23. The number of nitrogens with zero attached hydrogens (tertiary/aromatic N) is 1. The summed E-state index contributed by atoms with van der Waals surface area (Å²) in [6, 6.07) is 7.43. The van der Waals surface area contributed by atoms with Crippen LogP contribution in [0.2, 0.25) is 0 Å². The summed E-state index contributed by atoms with van der Waals surface area (Å²) >= 11 is 0. The zero-order chi connectivity index (χ0) is 13.9. The van der Waals surface area contributed by atoms with Crippen LogP contribution in [-0.2, 0) is 13.0 Å². The van der Waals surface area contributed by atoms with Crippen LogP contribution in [0.1, 0.15) is 46.1 Å². The van der Waals surface area contributed by atoms with E-state index in [4.69, 9.17) is 5.73 Å². The molecule has 5 heteroatoms. The molecular formula is C15H18N4O. The second-order valence-electron chi connectivity index (χ2n) is 5.13. The molecule has 0 fully saturated rings. The van der Waals surface area contributed by atoms with E-state index in [1.165, 1.54) is 5.56 Å². The summed E-state index contributed by atoms with van der Waals surface area (Å²) in [5, 5.41) is 10.1. The van der Waals surface area contributed by atoms with Crippen LogP contribution in [0, 0.1) is 0 Å². The number of nitrogens with two attached hydrogens (primary N) is 1. The van der Waals surface area contributed by atoms with Gasteiger partial charge in [0.05, 0.1) is 17.9 Å². The smallest absolute Gasteiger partial charge is 0.251 e. The van der Waals surface area contributed by atoms with E-state index in [-0.39, 0.29) is 11.9 Å². The van der Waals surface area contributed by atoms with E-state index in [0.29, 0.717) is 12.1 Å². The van der Waals surface area contributed by atoms with Crippen molar-refractivity contribution in [2.45, 2.75) is 31.8 Å². The fraction of sp³-hybridized carbons (Fsp3) is 0.333. The maximum Gasteiger partial charge on any atom is 0.251 e. The lowest BCUT2D eigenvalue weighted by Crippen LogP contribution is -2.31. The Morgan fingerprint density at radius 3 is 2.95 bits per heavy atom. The van der Waals surface area contributed by atoms with Gasteiger partial charge in [0.1, 0.15) is 0 Å². The molecule has 1 aromatic heterocycles. The molecule has 104 valence electrons. The number of aromatic nitrogens is 2. The third kappa shape index (κ3) is 2.44. The molecule has 1 aromatic carbocycles. The lowest BCUT2D eigenvalue weighted by molar-refractivity contribution is 0.0932. The summed E-state index contributed by atoms with van der Waals surface area (Å²) in [5.74, 6) is -0.0546. The molecule has 20 heavy (non-hydrogen) atoms. The largest absolute Gasteiger partial charge is 0.344 e. The van der Waals surface area contributed by atoms with Crippen LogP contribution < -0.4 is 11.1 Å². The first-order valence-corrected chi connectivity index (χ1v) is 6.90. The monoisotopic (exact) mass is 270 g/mol. The topological polar surface area (TPSA) is 83.8 Å². The number of aromatic amines is 1. The van der Waals surface area contributed by atoms with Crippen LogP contribution >= 0.6 is 0 Å². The predicted molar refractivity (Wildman–Crippen MR) is 76.1 cm³/mol. The number of hydrogen-bond donors (Lipinski definition) is 3. The van der Waals surface area contributed by atoms with Crippen molar-refractivity contribution in [2.75, 3.05) is 0 Å². The van der Waals surface area contributed by atoms with Crippen molar-refractivity contribution in [3.8, 4) is 0 Å². The van der Waals surface area contributed by atoms with Gasteiger partial charge in [-0.2, -0.15) is 5.10 Å². The maximum absolute atomic E-state index is 12.3. The van der Waals surface area contributed by atoms with E-state index in [2.05, 4.69) is 15.5 Å². The molecule has 2 aromatic rings. The van der Waals surface area contributed by atoms with Crippen LogP contribution in [0.5, 0.6) is 0 Å². The Hall–Kier alpha value is -2.14. The molecule has 0 saturated heterocycles. The summed E-state index contributed by atoms with van der Waals surface area (Å²) in [7, 11) is 0. The van der Waals surface area contributed by atoms with Gasteiger partial charge in [0.15, 0.2) is 0 Å². The molecule has 0 bridgehead atoms. The molecule has 0 radical (unpaired) electrons. The molecular weight excluding hydrogens is 252 g/mol. The highest BCUT2D eigenvalue weighted by atomic mass is 16.1. The first-order chi connectivity index (χ1) is 9.78. The zero-order valence-electron chi connectivity index (χ0n) is 11.2. The van der Waals surface area contributed by atoms with Gasteiger partial charge < -0.3 is 11.1 Å². The number of aryl methyl sites for hydroxylation is 1. The Kier molecular flexibility index (Phi) is 3.52. The van der Waals surface area contributed by atoms with Gasteiger partial charge in [0.2, 0.25) is 0 Å². The first-order valence-electron chi connectivity index (χ1n) is 6.90. The van der Waals surface area contributed by atoms with Crippen LogP contribution in [0.15, 0.2) is 30.5 Å². The van der Waals surface area contributed by atoms with Gasteiger partial charge in [0.25, 0.3) is 5.91 Å². The van der Waals surface area contributed by atoms with Gasteiger partial charge in [0, 0.05) is 12.1 Å². The molecule has 4 N–H and O–H groups in total. The third-order valence-corrected chi connectivity index (χ3v) is 3.80. The summed E-state index contributed by atoms with van der Waals surface area (Å²) in [4.78, 5) is 12.3. The summed E-state index contributed by atoms with van der Waals surface area (Å²) < 4.78 is 0. The Balaban J connectivity index is 1.73. The second kappa shape index (κ2) is 5.46. The average Bonchev–Trinajstić information content (AvgIpc) is 2.97. The molecule has 5 nitrogen and oxygen atoms in total. The highest BCUT2D eigenvalue weighted by molar-refractivity contribution is 5.94. The van der Waals surface area contributed by atoms with Crippen LogP contribution in [-0.4, -0.2) is 16.1 Å². The van der Waals surface area contributed by atoms with Crippen LogP contribution in [0.25, 0.3) is 0 Å². The molecule has 1 heterocycles. The van der Waals surface area contributed by atoms with E-state index < -0.39 is 0 Å². The van der Waals surface area contributed by atoms with Crippen molar-refractivity contribution in [3.05, 3.63) is 52.8 Å². The van der Waals surface area contributed by atoms with E-state index >= 15 is 0 Å². The Morgan fingerprint density at radius 1 is 1.40 bits per heavy atom. The molecule has 1 amide bonds. The van der Waals surface area contributed by atoms with Gasteiger partial charge in [-0.25, -0.2) is 0 Å². The quantitative estimate of drug-likeness (QED) is 0.793. The Labute approximate surface area is 117 Å². The number of carbonyl (C=O) groups is 1. The van der Waals surface area contributed by atoms with E-state index in [9.17, 15) is 4.79 Å². The molecule has 0 spiro atoms. The van der Waals surface area contributed by atoms with Crippen molar-refractivity contribution in [3.63, 3.8) is 0 Å². The van der Waals surface area contributed by atoms with Crippen LogP contribution in [0.3, 0.4) is 0 Å². The van der Waals surface area contributed by atoms with Crippen molar-refractivity contribution in [1.82, 2.24) is 15.5 Å². The molecule has 0 aliphatic heterocycles. The maximum atomic E-state index is 12.3. The van der Waals surface area contributed by atoms with Crippen molar-refractivity contribution in [1.29, 1.82) is 0 Å². The fourth-order valence-electron chi connectivity index (χ4n) is 2.64. The average molecular weight is 270 g/mol. The fourth-order valence-corrected chi connectivity index (χ4v) is 2.64. The van der Waals surface area contributed by atoms with Crippen molar-refractivity contribution < 1.29 is 4.79 Å².